The monoisotopic (exact) mass is 396 g/mol. The molecule has 0 unspecified atom stereocenters. The van der Waals surface area contributed by atoms with E-state index in [0.717, 1.165) is 0 Å². The molecule has 154 valence electrons. The van der Waals surface area contributed by atoms with Crippen molar-refractivity contribution in [1.29, 1.82) is 0 Å². The van der Waals surface area contributed by atoms with Crippen LogP contribution in [0.15, 0.2) is 12.7 Å². The molecule has 27 heavy (non-hydrogen) atoms. The van der Waals surface area contributed by atoms with E-state index >= 15 is 0 Å². The first-order chi connectivity index (χ1) is 12.2. The van der Waals surface area contributed by atoms with Crippen LogP contribution >= 0.6 is 0 Å². The summed E-state index contributed by atoms with van der Waals surface area (Å²) in [6.07, 6.45) is -3.08. The number of hydrogen-bond donors (Lipinski definition) is 4. The highest BCUT2D eigenvalue weighted by Gasteiger charge is 2.43. The van der Waals surface area contributed by atoms with E-state index < -0.39 is 36.2 Å². The molecule has 1 fully saturated rings. The molecule has 8 nitrogen and oxygen atoms in total. The maximum Gasteiger partial charge on any atom is 0.490 e. The Morgan fingerprint density at radius 1 is 1.22 bits per heavy atom. The van der Waals surface area contributed by atoms with Crippen LogP contribution in [0.4, 0.5) is 13.2 Å². The van der Waals surface area contributed by atoms with E-state index in [1.54, 1.807) is 19.9 Å². The topological polar surface area (TPSA) is 133 Å². The van der Waals surface area contributed by atoms with Crippen molar-refractivity contribution in [2.75, 3.05) is 0 Å². The number of hydrogen-bond acceptors (Lipinski definition) is 5. The fraction of sp³-hybridized carbons (Fsp3) is 0.625. The van der Waals surface area contributed by atoms with Crippen LogP contribution in [0.25, 0.3) is 0 Å². The summed E-state index contributed by atoms with van der Waals surface area (Å²) in [4.78, 5) is 43.6. The molecule has 11 heteroatoms. The minimum Gasteiger partial charge on any atom is -0.480 e. The number of carboxylic acids is 2. The minimum atomic E-state index is -5.08. The smallest absolute Gasteiger partial charge is 0.480 e. The van der Waals surface area contributed by atoms with Gasteiger partial charge in [-0.2, -0.15) is 13.2 Å². The summed E-state index contributed by atoms with van der Waals surface area (Å²) in [5.74, 6) is -4.56. The molecule has 0 spiro atoms. The highest BCUT2D eigenvalue weighted by atomic mass is 19.4. The zero-order valence-corrected chi connectivity index (χ0v) is 15.0. The number of amides is 1. The largest absolute Gasteiger partial charge is 0.490 e. The molecule has 1 saturated heterocycles. The number of aliphatic carboxylic acids is 2. The van der Waals surface area contributed by atoms with Gasteiger partial charge in [0, 0.05) is 18.9 Å². The van der Waals surface area contributed by atoms with E-state index in [9.17, 15) is 27.6 Å². The first-order valence-electron chi connectivity index (χ1n) is 7.94. The summed E-state index contributed by atoms with van der Waals surface area (Å²) in [5, 5.41) is 21.8. The first-order valence-corrected chi connectivity index (χ1v) is 7.94. The van der Waals surface area contributed by atoms with Crippen LogP contribution in [-0.4, -0.2) is 58.1 Å². The lowest BCUT2D eigenvalue weighted by atomic mass is 9.88. The Labute approximate surface area is 153 Å². The molecule has 1 amide bonds. The molecule has 0 bridgehead atoms. The first kappa shape index (κ1) is 24.6. The molecular formula is C16H23F3N2O6. The minimum absolute atomic E-state index is 0.115. The summed E-state index contributed by atoms with van der Waals surface area (Å²) in [6.45, 7) is 8.54. The SMILES string of the molecule is C=C[C@@H]1C[C@H](C(=O)O)N[C@H]1[C@@H](NC(C)=O)C(=O)C(C)C.O=C(O)C(F)(F)F. The normalized spacial score (nSPS) is 23.0. The number of rotatable bonds is 6. The Morgan fingerprint density at radius 3 is 2.00 bits per heavy atom. The van der Waals surface area contributed by atoms with Gasteiger partial charge >= 0.3 is 18.1 Å². The predicted octanol–water partition coefficient (Wildman–Crippen LogP) is 0.967. The number of alkyl halides is 3. The second kappa shape index (κ2) is 10.0. The van der Waals surface area contributed by atoms with Gasteiger partial charge in [0.2, 0.25) is 5.91 Å². The number of halogens is 3. The molecule has 0 aromatic rings. The molecule has 4 N–H and O–H groups in total. The van der Waals surface area contributed by atoms with Gasteiger partial charge in [-0.05, 0) is 12.3 Å². The zero-order chi connectivity index (χ0) is 21.5. The van der Waals surface area contributed by atoms with Gasteiger partial charge in [0.15, 0.2) is 5.78 Å². The average Bonchev–Trinajstić information content (AvgIpc) is 2.95. The molecule has 0 radical (unpaired) electrons. The van der Waals surface area contributed by atoms with Crippen LogP contribution in [0.2, 0.25) is 0 Å². The van der Waals surface area contributed by atoms with Crippen LogP contribution in [-0.2, 0) is 19.2 Å². The maximum atomic E-state index is 12.3. The second-order valence-electron chi connectivity index (χ2n) is 6.26. The predicted molar refractivity (Wildman–Crippen MR) is 87.8 cm³/mol. The van der Waals surface area contributed by atoms with E-state index in [1.807, 2.05) is 0 Å². The van der Waals surface area contributed by atoms with E-state index in [4.69, 9.17) is 15.0 Å². The third-order valence-electron chi connectivity index (χ3n) is 3.80. The molecule has 0 saturated carbocycles. The van der Waals surface area contributed by atoms with Crippen molar-refractivity contribution < 1.29 is 42.6 Å². The number of ketones is 1. The van der Waals surface area contributed by atoms with Crippen LogP contribution in [0.3, 0.4) is 0 Å². The van der Waals surface area contributed by atoms with E-state index in [1.165, 1.54) is 6.92 Å². The number of carbonyl (C=O) groups excluding carboxylic acids is 2. The molecule has 1 heterocycles. The number of carboxylic acid groups (broad SMARTS) is 2. The highest BCUT2D eigenvalue weighted by molar-refractivity contribution is 5.90. The average molecular weight is 396 g/mol. The van der Waals surface area contributed by atoms with Crippen molar-refractivity contribution in [3.63, 3.8) is 0 Å². The Morgan fingerprint density at radius 2 is 1.70 bits per heavy atom. The van der Waals surface area contributed by atoms with Crippen molar-refractivity contribution in [1.82, 2.24) is 10.6 Å². The van der Waals surface area contributed by atoms with Gasteiger partial charge in [0.25, 0.3) is 0 Å². The Balaban J connectivity index is 0.000000821. The molecule has 0 aromatic heterocycles. The van der Waals surface area contributed by atoms with Gasteiger partial charge < -0.3 is 15.5 Å². The van der Waals surface area contributed by atoms with E-state index in [2.05, 4.69) is 17.2 Å². The standard InChI is InChI=1S/C14H22N2O4.C2HF3O2/c1-5-9-6-10(14(19)20)16-11(9)12(15-8(4)17)13(18)7(2)3;3-2(4,5)1(6)7/h5,7,9-12,16H,1,6H2,2-4H3,(H,15,17)(H,19,20);(H,6,7)/t9-,10-,11-,12-;/m1./s1. The molecule has 1 aliphatic rings. The molecule has 0 aromatic carbocycles. The van der Waals surface area contributed by atoms with Crippen molar-refractivity contribution >= 4 is 23.6 Å². The lowest BCUT2D eigenvalue weighted by Crippen LogP contribution is -2.56. The van der Waals surface area contributed by atoms with Crippen molar-refractivity contribution in [2.45, 2.75) is 51.5 Å². The molecule has 1 aliphatic heterocycles. The van der Waals surface area contributed by atoms with Gasteiger partial charge in [-0.1, -0.05) is 19.9 Å². The fourth-order valence-electron chi connectivity index (χ4n) is 2.52. The molecule has 1 rings (SSSR count). The van der Waals surface area contributed by atoms with Crippen molar-refractivity contribution in [3.05, 3.63) is 12.7 Å². The van der Waals surface area contributed by atoms with Gasteiger partial charge in [-0.25, -0.2) is 4.79 Å². The maximum absolute atomic E-state index is 12.3. The Hall–Kier alpha value is -2.43. The zero-order valence-electron chi connectivity index (χ0n) is 15.0. The van der Waals surface area contributed by atoms with Gasteiger partial charge in [0.05, 0.1) is 0 Å². The van der Waals surface area contributed by atoms with Crippen LogP contribution < -0.4 is 10.6 Å². The number of Topliss-reactive ketones (excluding diaryl/α,β-unsaturated/α-hetero) is 1. The van der Waals surface area contributed by atoms with Gasteiger partial charge in [-0.15, -0.1) is 6.58 Å². The highest BCUT2D eigenvalue weighted by Crippen LogP contribution is 2.25. The quantitative estimate of drug-likeness (QED) is 0.492. The Bertz CT molecular complexity index is 591. The van der Waals surface area contributed by atoms with Crippen molar-refractivity contribution in [2.24, 2.45) is 11.8 Å². The molecule has 0 aliphatic carbocycles. The third kappa shape index (κ3) is 7.77. The second-order valence-corrected chi connectivity index (χ2v) is 6.26. The number of carbonyl (C=O) groups is 4. The Kier molecular flexibility index (Phi) is 9.14. The third-order valence-corrected chi connectivity index (χ3v) is 3.80. The fourth-order valence-corrected chi connectivity index (χ4v) is 2.52. The van der Waals surface area contributed by atoms with E-state index in [-0.39, 0.29) is 23.5 Å². The van der Waals surface area contributed by atoms with Crippen molar-refractivity contribution in [3.8, 4) is 0 Å². The van der Waals surface area contributed by atoms with Crippen LogP contribution in [0, 0.1) is 11.8 Å². The van der Waals surface area contributed by atoms with Gasteiger partial charge in [0.1, 0.15) is 12.1 Å². The van der Waals surface area contributed by atoms with Gasteiger partial charge in [-0.3, -0.25) is 19.7 Å². The van der Waals surface area contributed by atoms with Crippen LogP contribution in [0.1, 0.15) is 27.2 Å². The summed E-state index contributed by atoms with van der Waals surface area (Å²) in [6, 6.07) is -1.90. The summed E-state index contributed by atoms with van der Waals surface area (Å²) >= 11 is 0. The lowest BCUT2D eigenvalue weighted by molar-refractivity contribution is -0.192. The summed E-state index contributed by atoms with van der Waals surface area (Å²) < 4.78 is 31.7. The van der Waals surface area contributed by atoms with Crippen LogP contribution in [0.5, 0.6) is 0 Å². The van der Waals surface area contributed by atoms with E-state index in [0.29, 0.717) is 6.42 Å². The number of nitrogens with one attached hydrogen (secondary N) is 2. The lowest BCUT2D eigenvalue weighted by Gasteiger charge is -2.28. The molecular weight excluding hydrogens is 373 g/mol. The summed E-state index contributed by atoms with van der Waals surface area (Å²) in [5.41, 5.74) is 0. The summed E-state index contributed by atoms with van der Waals surface area (Å²) in [7, 11) is 0. The molecule has 4 atom stereocenters.